The number of rotatable bonds is 5. The molecule has 21 heavy (non-hydrogen) atoms. The van der Waals surface area contributed by atoms with Crippen molar-refractivity contribution in [2.75, 3.05) is 13.1 Å². The van der Waals surface area contributed by atoms with Crippen molar-refractivity contribution in [1.82, 2.24) is 4.90 Å². The molecule has 3 heteroatoms. The summed E-state index contributed by atoms with van der Waals surface area (Å²) in [6, 6.07) is 8.74. The third-order valence-electron chi connectivity index (χ3n) is 5.37. The number of nitrogens with zero attached hydrogens (tertiary/aromatic N) is 1. The summed E-state index contributed by atoms with van der Waals surface area (Å²) < 4.78 is 1.38. The number of hydrogen-bond acceptors (Lipinski definition) is 3. The summed E-state index contributed by atoms with van der Waals surface area (Å²) in [7, 11) is 0. The van der Waals surface area contributed by atoms with E-state index >= 15 is 0 Å². The van der Waals surface area contributed by atoms with Crippen LogP contribution in [0.1, 0.15) is 43.6 Å². The van der Waals surface area contributed by atoms with Gasteiger partial charge < -0.3 is 5.73 Å². The lowest BCUT2D eigenvalue weighted by molar-refractivity contribution is 0.236. The molecule has 2 nitrogen and oxygen atoms in total. The highest BCUT2D eigenvalue weighted by Gasteiger charge is 2.35. The van der Waals surface area contributed by atoms with Gasteiger partial charge in [0.1, 0.15) is 0 Å². The molecular weight excluding hydrogens is 276 g/mol. The highest BCUT2D eigenvalue weighted by Crippen LogP contribution is 2.39. The summed E-state index contributed by atoms with van der Waals surface area (Å²) in [6.45, 7) is 8.90. The molecule has 0 unspecified atom stereocenters. The zero-order valence-corrected chi connectivity index (χ0v) is 14.0. The molecule has 0 aliphatic carbocycles. The van der Waals surface area contributed by atoms with Crippen LogP contribution in [-0.4, -0.2) is 18.0 Å². The number of hydrogen-bond donors (Lipinski definition) is 1. The molecule has 3 rings (SSSR count). The minimum atomic E-state index is 0.550. The zero-order chi connectivity index (χ0) is 14.9. The Morgan fingerprint density at radius 2 is 2.00 bits per heavy atom. The van der Waals surface area contributed by atoms with Crippen molar-refractivity contribution in [3.63, 3.8) is 0 Å². The number of fused-ring (bicyclic) bond motifs is 1. The van der Waals surface area contributed by atoms with E-state index in [-0.39, 0.29) is 0 Å². The van der Waals surface area contributed by atoms with Gasteiger partial charge in [-0.25, -0.2) is 0 Å². The molecule has 0 atom stereocenters. The molecule has 114 valence electrons. The SMILES string of the molecule is CCC1(CC)CCN(Cc2c(CN)sc3ccccc23)C1. The Morgan fingerprint density at radius 3 is 2.67 bits per heavy atom. The van der Waals surface area contributed by atoms with Gasteiger partial charge in [-0.15, -0.1) is 11.3 Å². The Kier molecular flexibility index (Phi) is 4.34. The third-order valence-corrected chi connectivity index (χ3v) is 6.60. The molecule has 0 spiro atoms. The summed E-state index contributed by atoms with van der Waals surface area (Å²) in [5, 5.41) is 1.41. The quantitative estimate of drug-likeness (QED) is 0.888. The molecule has 1 aromatic heterocycles. The van der Waals surface area contributed by atoms with Crippen LogP contribution in [0.2, 0.25) is 0 Å². The van der Waals surface area contributed by atoms with Crippen molar-refractivity contribution in [2.45, 2.75) is 46.2 Å². The third kappa shape index (κ3) is 2.75. The average molecular weight is 302 g/mol. The van der Waals surface area contributed by atoms with Crippen LogP contribution in [-0.2, 0) is 13.1 Å². The molecule has 0 amide bonds. The standard InChI is InChI=1S/C18H26N2S/c1-3-18(4-2)9-10-20(13-18)12-15-14-7-5-6-8-16(14)21-17(15)11-19/h5-8H,3-4,9-13,19H2,1-2H3. The minimum Gasteiger partial charge on any atom is -0.326 e. The van der Waals surface area contributed by atoms with Crippen LogP contribution < -0.4 is 5.73 Å². The Labute approximate surface area is 131 Å². The molecule has 1 saturated heterocycles. The first-order valence-corrected chi connectivity index (χ1v) is 8.94. The van der Waals surface area contributed by atoms with Crippen molar-refractivity contribution < 1.29 is 0 Å². The molecule has 2 heterocycles. The van der Waals surface area contributed by atoms with E-state index in [1.807, 2.05) is 11.3 Å². The van der Waals surface area contributed by atoms with Crippen molar-refractivity contribution in [2.24, 2.45) is 11.1 Å². The second-order valence-corrected chi connectivity index (χ2v) is 7.51. The average Bonchev–Trinajstić information content (AvgIpc) is 3.10. The second kappa shape index (κ2) is 6.07. The number of likely N-dealkylation sites (tertiary alicyclic amines) is 1. The summed E-state index contributed by atoms with van der Waals surface area (Å²) in [6.07, 6.45) is 3.95. The summed E-state index contributed by atoms with van der Waals surface area (Å²) in [4.78, 5) is 4.00. The van der Waals surface area contributed by atoms with Crippen LogP contribution in [0.3, 0.4) is 0 Å². The maximum atomic E-state index is 5.99. The first kappa shape index (κ1) is 15.0. The van der Waals surface area contributed by atoms with E-state index in [9.17, 15) is 0 Å². The van der Waals surface area contributed by atoms with Gasteiger partial charge in [0, 0.05) is 29.2 Å². The van der Waals surface area contributed by atoms with Gasteiger partial charge >= 0.3 is 0 Å². The summed E-state index contributed by atoms with van der Waals surface area (Å²) in [5.41, 5.74) is 8.01. The van der Waals surface area contributed by atoms with E-state index in [2.05, 4.69) is 43.0 Å². The molecule has 1 aliphatic rings. The van der Waals surface area contributed by atoms with Crippen LogP contribution in [0, 0.1) is 5.41 Å². The molecular formula is C18H26N2S. The van der Waals surface area contributed by atoms with E-state index in [0.717, 1.165) is 6.54 Å². The van der Waals surface area contributed by atoms with Gasteiger partial charge in [-0.2, -0.15) is 0 Å². The second-order valence-electron chi connectivity index (χ2n) is 6.37. The van der Waals surface area contributed by atoms with Crippen LogP contribution in [0.25, 0.3) is 10.1 Å². The zero-order valence-electron chi connectivity index (χ0n) is 13.2. The first-order chi connectivity index (χ1) is 10.2. The fourth-order valence-corrected chi connectivity index (χ4v) is 4.80. The van der Waals surface area contributed by atoms with Gasteiger partial charge in [0.2, 0.25) is 0 Å². The molecule has 1 fully saturated rings. The van der Waals surface area contributed by atoms with E-state index in [1.54, 1.807) is 0 Å². The van der Waals surface area contributed by atoms with Gasteiger partial charge in [-0.05, 0) is 48.2 Å². The van der Waals surface area contributed by atoms with Crippen LogP contribution in [0.15, 0.2) is 24.3 Å². The smallest absolute Gasteiger partial charge is 0.0349 e. The van der Waals surface area contributed by atoms with Gasteiger partial charge in [0.25, 0.3) is 0 Å². The van der Waals surface area contributed by atoms with Crippen LogP contribution in [0.4, 0.5) is 0 Å². The van der Waals surface area contributed by atoms with Crippen molar-refractivity contribution in [3.05, 3.63) is 34.7 Å². The topological polar surface area (TPSA) is 29.3 Å². The van der Waals surface area contributed by atoms with Gasteiger partial charge in [-0.3, -0.25) is 4.90 Å². The van der Waals surface area contributed by atoms with Gasteiger partial charge in [0.05, 0.1) is 0 Å². The number of benzene rings is 1. The molecule has 0 saturated carbocycles. The molecule has 2 N–H and O–H groups in total. The summed E-state index contributed by atoms with van der Waals surface area (Å²) >= 11 is 1.87. The van der Waals surface area contributed by atoms with E-state index in [1.165, 1.54) is 52.9 Å². The highest BCUT2D eigenvalue weighted by molar-refractivity contribution is 7.19. The molecule has 1 aromatic carbocycles. The largest absolute Gasteiger partial charge is 0.326 e. The lowest BCUT2D eigenvalue weighted by Crippen LogP contribution is -2.26. The molecule has 0 radical (unpaired) electrons. The predicted octanol–water partition coefficient (Wildman–Crippen LogP) is 4.37. The van der Waals surface area contributed by atoms with Crippen LogP contribution >= 0.6 is 11.3 Å². The number of thiophene rings is 1. The number of nitrogens with two attached hydrogens (primary N) is 1. The lowest BCUT2D eigenvalue weighted by atomic mass is 9.82. The Balaban J connectivity index is 1.85. The lowest BCUT2D eigenvalue weighted by Gasteiger charge is -2.26. The van der Waals surface area contributed by atoms with E-state index in [4.69, 9.17) is 5.73 Å². The predicted molar refractivity (Wildman–Crippen MR) is 92.6 cm³/mol. The fraction of sp³-hybridized carbons (Fsp3) is 0.556. The Morgan fingerprint density at radius 1 is 1.24 bits per heavy atom. The highest BCUT2D eigenvalue weighted by atomic mass is 32.1. The molecule has 1 aliphatic heterocycles. The van der Waals surface area contributed by atoms with E-state index < -0.39 is 0 Å². The van der Waals surface area contributed by atoms with Crippen molar-refractivity contribution >= 4 is 21.4 Å². The monoisotopic (exact) mass is 302 g/mol. The normalized spacial score (nSPS) is 18.6. The fourth-order valence-electron chi connectivity index (χ4n) is 3.70. The Hall–Kier alpha value is -0.900. The van der Waals surface area contributed by atoms with Gasteiger partial charge in [-0.1, -0.05) is 32.0 Å². The van der Waals surface area contributed by atoms with Gasteiger partial charge in [0.15, 0.2) is 0 Å². The first-order valence-electron chi connectivity index (χ1n) is 8.13. The van der Waals surface area contributed by atoms with Crippen molar-refractivity contribution in [1.29, 1.82) is 0 Å². The van der Waals surface area contributed by atoms with Crippen LogP contribution in [0.5, 0.6) is 0 Å². The molecule has 2 aromatic rings. The maximum Gasteiger partial charge on any atom is 0.0349 e. The summed E-state index contributed by atoms with van der Waals surface area (Å²) in [5.74, 6) is 0. The minimum absolute atomic E-state index is 0.550. The maximum absolute atomic E-state index is 5.99. The molecule has 0 bridgehead atoms. The van der Waals surface area contributed by atoms with Crippen molar-refractivity contribution in [3.8, 4) is 0 Å². The Bertz CT molecular complexity index is 613. The van der Waals surface area contributed by atoms with E-state index in [0.29, 0.717) is 12.0 Å².